The second-order valence-corrected chi connectivity index (χ2v) is 4.55. The highest BCUT2D eigenvalue weighted by Crippen LogP contribution is 2.11. The minimum absolute atomic E-state index is 0.0472. The quantitative estimate of drug-likeness (QED) is 0.634. The molecule has 0 aromatic heterocycles. The van der Waals surface area contributed by atoms with E-state index in [1.165, 1.54) is 12.1 Å². The van der Waals surface area contributed by atoms with Crippen molar-refractivity contribution in [2.24, 2.45) is 0 Å². The maximum atomic E-state index is 12.9. The Bertz CT molecular complexity index is 261. The average molecular weight is 186 g/mol. The normalized spacial score (nSPS) is 11.2. The van der Waals surface area contributed by atoms with Crippen molar-refractivity contribution in [2.75, 3.05) is 0 Å². The van der Waals surface area contributed by atoms with Crippen LogP contribution in [0.3, 0.4) is 0 Å². The summed E-state index contributed by atoms with van der Waals surface area (Å²) in [7, 11) is -0.0472. The predicted molar refractivity (Wildman–Crippen MR) is 49.3 cm³/mol. The Kier molecular flexibility index (Phi) is 3.41. The van der Waals surface area contributed by atoms with Gasteiger partial charge in [-0.1, -0.05) is 12.6 Å². The Balaban J connectivity index is 2.75. The Morgan fingerprint density at radius 1 is 1.33 bits per heavy atom. The molecule has 0 atom stereocenters. The van der Waals surface area contributed by atoms with Gasteiger partial charge in [0.25, 0.3) is 0 Å². The van der Waals surface area contributed by atoms with Crippen LogP contribution in [0.4, 0.5) is 8.78 Å². The molecule has 0 heterocycles. The van der Waals surface area contributed by atoms with Crippen molar-refractivity contribution >= 4 is 9.52 Å². The first-order chi connectivity index (χ1) is 5.74. The third-order valence-electron chi connectivity index (χ3n) is 1.81. The van der Waals surface area contributed by atoms with Gasteiger partial charge in [-0.05, 0) is 30.2 Å². The number of halogens is 2. The van der Waals surface area contributed by atoms with Gasteiger partial charge in [0.15, 0.2) is 0 Å². The highest BCUT2D eigenvalue weighted by Gasteiger charge is 2.02. The fourth-order valence-electron chi connectivity index (χ4n) is 1.10. The molecule has 0 unspecified atom stereocenters. The molecular weight excluding hydrogens is 174 g/mol. The smallest absolute Gasteiger partial charge is 0.126 e. The second-order valence-electron chi connectivity index (χ2n) is 2.84. The van der Waals surface area contributed by atoms with Crippen LogP contribution < -0.4 is 0 Å². The summed E-state index contributed by atoms with van der Waals surface area (Å²) in [5.74, 6) is -0.622. The minimum Gasteiger partial charge on any atom is -0.207 e. The minimum atomic E-state index is -0.343. The highest BCUT2D eigenvalue weighted by atomic mass is 28.2. The molecule has 0 aliphatic rings. The van der Waals surface area contributed by atoms with Gasteiger partial charge in [0.1, 0.15) is 11.6 Å². The zero-order chi connectivity index (χ0) is 8.97. The summed E-state index contributed by atoms with van der Waals surface area (Å²) in [4.78, 5) is 0. The highest BCUT2D eigenvalue weighted by molar-refractivity contribution is 6.33. The van der Waals surface area contributed by atoms with Crippen molar-refractivity contribution in [3.63, 3.8) is 0 Å². The van der Waals surface area contributed by atoms with E-state index in [0.29, 0.717) is 12.0 Å². The molecule has 0 radical (unpaired) electrons. The van der Waals surface area contributed by atoms with Gasteiger partial charge in [0.2, 0.25) is 0 Å². The largest absolute Gasteiger partial charge is 0.207 e. The van der Waals surface area contributed by atoms with E-state index < -0.39 is 0 Å². The van der Waals surface area contributed by atoms with Crippen molar-refractivity contribution in [3.8, 4) is 0 Å². The molecule has 0 aliphatic heterocycles. The topological polar surface area (TPSA) is 0 Å². The van der Waals surface area contributed by atoms with E-state index in [9.17, 15) is 8.78 Å². The second kappa shape index (κ2) is 4.35. The Labute approximate surface area is 73.4 Å². The van der Waals surface area contributed by atoms with Gasteiger partial charge < -0.3 is 0 Å². The first kappa shape index (κ1) is 9.39. The van der Waals surface area contributed by atoms with Crippen LogP contribution in [0, 0.1) is 11.6 Å². The molecule has 0 spiro atoms. The van der Waals surface area contributed by atoms with E-state index >= 15 is 0 Å². The van der Waals surface area contributed by atoms with Gasteiger partial charge in [-0.15, -0.1) is 0 Å². The third-order valence-corrected chi connectivity index (χ3v) is 2.87. The number of benzene rings is 1. The molecule has 0 aliphatic carbocycles. The average Bonchev–Trinajstić information content (AvgIpc) is 2.07. The maximum Gasteiger partial charge on any atom is 0.126 e. The van der Waals surface area contributed by atoms with E-state index in [-0.39, 0.29) is 21.2 Å². The van der Waals surface area contributed by atoms with Crippen LogP contribution in [0.2, 0.25) is 12.6 Å². The fraction of sp³-hybridized carbons (Fsp3) is 0.333. The van der Waals surface area contributed by atoms with E-state index in [0.717, 1.165) is 12.1 Å². The fourth-order valence-corrected chi connectivity index (χ4v) is 1.84. The van der Waals surface area contributed by atoms with Crippen molar-refractivity contribution in [2.45, 2.75) is 19.0 Å². The standard InChI is InChI=1S/C9H12F2Si/c1-12-5-4-7-6-8(10)2-3-9(7)11/h2-3,6H,4-5,12H2,1H3. The first-order valence-corrected chi connectivity index (χ1v) is 6.59. The number of hydrogen-bond acceptors (Lipinski definition) is 0. The van der Waals surface area contributed by atoms with Crippen molar-refractivity contribution in [3.05, 3.63) is 35.4 Å². The molecule has 1 rings (SSSR count). The molecule has 66 valence electrons. The molecule has 3 heteroatoms. The van der Waals surface area contributed by atoms with Crippen LogP contribution in [-0.2, 0) is 6.42 Å². The van der Waals surface area contributed by atoms with Crippen LogP contribution in [0.5, 0.6) is 0 Å². The lowest BCUT2D eigenvalue weighted by molar-refractivity contribution is 0.587. The summed E-state index contributed by atoms with van der Waals surface area (Å²) < 4.78 is 25.6. The van der Waals surface area contributed by atoms with Crippen LogP contribution in [0.1, 0.15) is 5.56 Å². The molecule has 0 bridgehead atoms. The van der Waals surface area contributed by atoms with Gasteiger partial charge in [-0.25, -0.2) is 8.78 Å². The summed E-state index contributed by atoms with van der Waals surface area (Å²) in [6.45, 7) is 2.16. The Morgan fingerprint density at radius 2 is 2.08 bits per heavy atom. The summed E-state index contributed by atoms with van der Waals surface area (Å²) in [5.41, 5.74) is 0.518. The number of rotatable bonds is 3. The van der Waals surface area contributed by atoms with Gasteiger partial charge in [0.05, 0.1) is 0 Å². The first-order valence-electron chi connectivity index (χ1n) is 4.18. The molecular formula is C9H12F2Si. The van der Waals surface area contributed by atoms with Crippen molar-refractivity contribution < 1.29 is 8.78 Å². The Hall–Kier alpha value is -0.703. The predicted octanol–water partition coefficient (Wildman–Crippen LogP) is 2.14. The molecule has 1 aromatic carbocycles. The van der Waals surface area contributed by atoms with Crippen molar-refractivity contribution in [1.29, 1.82) is 0 Å². The number of hydrogen-bond donors (Lipinski definition) is 0. The zero-order valence-corrected chi connectivity index (χ0v) is 8.52. The summed E-state index contributed by atoms with van der Waals surface area (Å²) >= 11 is 0. The van der Waals surface area contributed by atoms with Crippen LogP contribution >= 0.6 is 0 Å². The molecule has 0 fully saturated rings. The van der Waals surface area contributed by atoms with Crippen molar-refractivity contribution in [1.82, 2.24) is 0 Å². The van der Waals surface area contributed by atoms with Gasteiger partial charge in [-0.2, -0.15) is 0 Å². The molecule has 0 saturated heterocycles. The van der Waals surface area contributed by atoms with Gasteiger partial charge in [0, 0.05) is 9.52 Å². The summed E-state index contributed by atoms with van der Waals surface area (Å²) in [6.07, 6.45) is 0.687. The van der Waals surface area contributed by atoms with Crippen LogP contribution in [-0.4, -0.2) is 9.52 Å². The molecule has 0 nitrogen and oxygen atoms in total. The SMILES string of the molecule is C[SiH2]CCc1cc(F)ccc1F. The summed E-state index contributed by atoms with van der Waals surface area (Å²) in [5, 5.41) is 0. The van der Waals surface area contributed by atoms with E-state index in [4.69, 9.17) is 0 Å². The maximum absolute atomic E-state index is 12.9. The van der Waals surface area contributed by atoms with Gasteiger partial charge >= 0.3 is 0 Å². The molecule has 0 amide bonds. The van der Waals surface area contributed by atoms with E-state index in [1.807, 2.05) is 0 Å². The van der Waals surface area contributed by atoms with E-state index in [2.05, 4.69) is 6.55 Å². The van der Waals surface area contributed by atoms with Crippen LogP contribution in [0.25, 0.3) is 0 Å². The number of aryl methyl sites for hydroxylation is 1. The Morgan fingerprint density at radius 3 is 2.75 bits per heavy atom. The lowest BCUT2D eigenvalue weighted by Gasteiger charge is -2.00. The molecule has 1 aromatic rings. The molecule has 0 N–H and O–H groups in total. The molecule has 0 saturated carbocycles. The third kappa shape index (κ3) is 2.41. The lowest BCUT2D eigenvalue weighted by atomic mass is 10.1. The molecule has 12 heavy (non-hydrogen) atoms. The summed E-state index contributed by atoms with van der Waals surface area (Å²) in [6, 6.07) is 4.68. The van der Waals surface area contributed by atoms with Crippen LogP contribution in [0.15, 0.2) is 18.2 Å². The lowest BCUT2D eigenvalue weighted by Crippen LogP contribution is -1.93. The van der Waals surface area contributed by atoms with Gasteiger partial charge in [-0.3, -0.25) is 0 Å². The monoisotopic (exact) mass is 186 g/mol. The van der Waals surface area contributed by atoms with E-state index in [1.54, 1.807) is 0 Å². The zero-order valence-electron chi connectivity index (χ0n) is 7.11.